The van der Waals surface area contributed by atoms with Crippen molar-refractivity contribution in [3.63, 3.8) is 0 Å². The third-order valence-electron chi connectivity index (χ3n) is 1.36. The molecular weight excluding hydrogens is 195 g/mol. The summed E-state index contributed by atoms with van der Waals surface area (Å²) in [5.41, 5.74) is 0.161. The molecule has 68 valence electrons. The van der Waals surface area contributed by atoms with Crippen molar-refractivity contribution in [3.05, 3.63) is 40.7 Å². The molecule has 0 aliphatic heterocycles. The van der Waals surface area contributed by atoms with Crippen LogP contribution in [-0.4, -0.2) is 5.97 Å². The van der Waals surface area contributed by atoms with E-state index in [0.717, 1.165) is 18.2 Å². The molecule has 4 heteroatoms. The van der Waals surface area contributed by atoms with E-state index in [-0.39, 0.29) is 10.6 Å². The average molecular weight is 200 g/mol. The monoisotopic (exact) mass is 199 g/mol. The highest BCUT2D eigenvalue weighted by Crippen LogP contribution is 2.15. The number of hydrogen-bond acceptors (Lipinski definition) is 2. The lowest BCUT2D eigenvalue weighted by atomic mass is 10.2. The first-order valence-electron chi connectivity index (χ1n) is 3.43. The zero-order valence-electron chi connectivity index (χ0n) is 6.46. The number of benzene rings is 1. The van der Waals surface area contributed by atoms with E-state index in [0.29, 0.717) is 0 Å². The summed E-state index contributed by atoms with van der Waals surface area (Å²) in [6.07, 6.45) is 1.87. The number of aliphatic carboxylic acids is 1. The van der Waals surface area contributed by atoms with Gasteiger partial charge in [-0.3, -0.25) is 0 Å². The van der Waals surface area contributed by atoms with Crippen molar-refractivity contribution in [3.8, 4) is 0 Å². The quantitative estimate of drug-likeness (QED) is 0.673. The molecule has 2 nitrogen and oxygen atoms in total. The van der Waals surface area contributed by atoms with Crippen LogP contribution in [0, 0.1) is 5.82 Å². The van der Waals surface area contributed by atoms with E-state index < -0.39 is 11.8 Å². The summed E-state index contributed by atoms with van der Waals surface area (Å²) in [6, 6.07) is 3.97. The number of carboxylic acids is 1. The lowest BCUT2D eigenvalue weighted by molar-refractivity contribution is -0.297. The Hall–Kier alpha value is -1.35. The highest BCUT2D eigenvalue weighted by atomic mass is 35.5. The minimum Gasteiger partial charge on any atom is -0.545 e. The Labute approximate surface area is 79.3 Å². The molecule has 0 saturated carbocycles. The predicted molar refractivity (Wildman–Crippen MR) is 45.5 cm³/mol. The van der Waals surface area contributed by atoms with E-state index in [1.54, 1.807) is 0 Å². The minimum absolute atomic E-state index is 0.161. The first-order chi connectivity index (χ1) is 6.09. The van der Waals surface area contributed by atoms with Crippen molar-refractivity contribution < 1.29 is 14.3 Å². The van der Waals surface area contributed by atoms with Gasteiger partial charge in [-0.2, -0.15) is 0 Å². The van der Waals surface area contributed by atoms with Gasteiger partial charge in [0.05, 0.1) is 5.97 Å². The van der Waals surface area contributed by atoms with Gasteiger partial charge < -0.3 is 9.90 Å². The van der Waals surface area contributed by atoms with Crippen LogP contribution in [0.2, 0.25) is 5.02 Å². The molecule has 13 heavy (non-hydrogen) atoms. The molecule has 0 aliphatic carbocycles. The van der Waals surface area contributed by atoms with Crippen LogP contribution in [0.3, 0.4) is 0 Å². The van der Waals surface area contributed by atoms with Gasteiger partial charge in [0.2, 0.25) is 0 Å². The summed E-state index contributed by atoms with van der Waals surface area (Å²) in [5, 5.41) is 10.3. The molecule has 1 aromatic carbocycles. The zero-order chi connectivity index (χ0) is 9.84. The maximum Gasteiger partial charge on any atom is 0.131 e. The minimum atomic E-state index is -1.37. The Bertz CT molecular complexity index is 361. The summed E-state index contributed by atoms with van der Waals surface area (Å²) < 4.78 is 13.0. The summed E-state index contributed by atoms with van der Waals surface area (Å²) in [4.78, 5) is 10.0. The lowest BCUT2D eigenvalue weighted by Gasteiger charge is -1.97. The van der Waals surface area contributed by atoms with Crippen LogP contribution in [0.5, 0.6) is 0 Å². The van der Waals surface area contributed by atoms with Crippen molar-refractivity contribution in [1.29, 1.82) is 0 Å². The van der Waals surface area contributed by atoms with E-state index in [1.807, 2.05) is 0 Å². The molecule has 0 heterocycles. The predicted octanol–water partition coefficient (Wildman–Crippen LogP) is 1.24. The van der Waals surface area contributed by atoms with Crippen LogP contribution >= 0.6 is 11.6 Å². The Kier molecular flexibility index (Phi) is 3.03. The molecule has 0 bridgehead atoms. The van der Waals surface area contributed by atoms with E-state index in [9.17, 15) is 14.3 Å². The van der Waals surface area contributed by atoms with Crippen molar-refractivity contribution in [1.82, 2.24) is 0 Å². The summed E-state index contributed by atoms with van der Waals surface area (Å²) in [6.45, 7) is 0. The fraction of sp³-hybridized carbons (Fsp3) is 0. The molecule has 0 atom stereocenters. The summed E-state index contributed by atoms with van der Waals surface area (Å²) in [7, 11) is 0. The Balaban J connectivity index is 2.96. The molecule has 0 amide bonds. The molecule has 1 aromatic rings. The fourth-order valence-corrected chi connectivity index (χ4v) is 0.953. The molecular formula is C9H5ClFO2-. The van der Waals surface area contributed by atoms with Gasteiger partial charge in [0.1, 0.15) is 5.82 Å². The molecule has 0 unspecified atom stereocenters. The van der Waals surface area contributed by atoms with Gasteiger partial charge in [-0.1, -0.05) is 23.7 Å². The van der Waals surface area contributed by atoms with Crippen LogP contribution in [0.4, 0.5) is 4.39 Å². The molecule has 0 N–H and O–H groups in total. The molecule has 0 fully saturated rings. The van der Waals surface area contributed by atoms with Gasteiger partial charge >= 0.3 is 0 Å². The molecule has 1 rings (SSSR count). The van der Waals surface area contributed by atoms with Crippen molar-refractivity contribution in [2.24, 2.45) is 0 Å². The largest absolute Gasteiger partial charge is 0.545 e. The second-order valence-electron chi connectivity index (χ2n) is 2.32. The standard InChI is InChI=1S/C9H6ClFO2/c10-7-3-1-6(8(11)5-7)2-4-9(12)13/h1-5H,(H,12,13)/p-1. The van der Waals surface area contributed by atoms with E-state index >= 15 is 0 Å². The van der Waals surface area contributed by atoms with Crippen LogP contribution in [0.25, 0.3) is 6.08 Å². The van der Waals surface area contributed by atoms with Gasteiger partial charge in [0.15, 0.2) is 0 Å². The maximum absolute atomic E-state index is 13.0. The molecule has 0 aromatic heterocycles. The van der Waals surface area contributed by atoms with Crippen molar-refractivity contribution in [2.75, 3.05) is 0 Å². The molecule has 0 spiro atoms. The van der Waals surface area contributed by atoms with Crippen LogP contribution < -0.4 is 5.11 Å². The highest BCUT2D eigenvalue weighted by Gasteiger charge is 1.98. The molecule has 0 saturated heterocycles. The summed E-state index contributed by atoms with van der Waals surface area (Å²) >= 11 is 5.49. The topological polar surface area (TPSA) is 40.1 Å². The van der Waals surface area contributed by atoms with Gasteiger partial charge in [-0.15, -0.1) is 0 Å². The van der Waals surface area contributed by atoms with Gasteiger partial charge in [-0.25, -0.2) is 4.39 Å². The Morgan fingerprint density at radius 1 is 1.54 bits per heavy atom. The van der Waals surface area contributed by atoms with Crippen LogP contribution in [-0.2, 0) is 4.79 Å². The van der Waals surface area contributed by atoms with Gasteiger partial charge in [0, 0.05) is 10.6 Å². The van der Waals surface area contributed by atoms with Gasteiger partial charge in [0.25, 0.3) is 0 Å². The van der Waals surface area contributed by atoms with E-state index in [1.165, 1.54) is 12.1 Å². The summed E-state index contributed by atoms with van der Waals surface area (Å²) in [5.74, 6) is -1.93. The lowest BCUT2D eigenvalue weighted by Crippen LogP contribution is -2.18. The second-order valence-corrected chi connectivity index (χ2v) is 2.75. The maximum atomic E-state index is 13.0. The van der Waals surface area contributed by atoms with Crippen LogP contribution in [0.1, 0.15) is 5.56 Å². The number of carbonyl (C=O) groups excluding carboxylic acids is 1. The van der Waals surface area contributed by atoms with Crippen molar-refractivity contribution in [2.45, 2.75) is 0 Å². The highest BCUT2D eigenvalue weighted by molar-refractivity contribution is 6.30. The third-order valence-corrected chi connectivity index (χ3v) is 1.60. The smallest absolute Gasteiger partial charge is 0.131 e. The number of rotatable bonds is 2. The third kappa shape index (κ3) is 2.87. The SMILES string of the molecule is O=C([O-])C=Cc1ccc(Cl)cc1F. The average Bonchev–Trinajstić information content (AvgIpc) is 2.02. The van der Waals surface area contributed by atoms with Crippen molar-refractivity contribution >= 4 is 23.6 Å². The number of carboxylic acid groups (broad SMARTS) is 1. The Morgan fingerprint density at radius 3 is 2.77 bits per heavy atom. The zero-order valence-corrected chi connectivity index (χ0v) is 7.22. The first-order valence-corrected chi connectivity index (χ1v) is 3.81. The van der Waals surface area contributed by atoms with Gasteiger partial charge in [-0.05, 0) is 18.2 Å². The molecule has 0 radical (unpaired) electrons. The first kappa shape index (κ1) is 9.74. The van der Waals surface area contributed by atoms with Crippen LogP contribution in [0.15, 0.2) is 24.3 Å². The number of carbonyl (C=O) groups is 1. The Morgan fingerprint density at radius 2 is 2.23 bits per heavy atom. The van der Waals surface area contributed by atoms with E-state index in [2.05, 4.69) is 0 Å². The second kappa shape index (κ2) is 4.05. The fourth-order valence-electron chi connectivity index (χ4n) is 0.794. The number of hydrogen-bond donors (Lipinski definition) is 0. The van der Waals surface area contributed by atoms with E-state index in [4.69, 9.17) is 11.6 Å². The number of halogens is 2. The normalized spacial score (nSPS) is 10.6. The molecule has 0 aliphatic rings.